The van der Waals surface area contributed by atoms with Crippen molar-refractivity contribution in [1.29, 1.82) is 0 Å². The molecule has 0 rings (SSSR count). The average molecular weight is 242 g/mol. The SMILES string of the molecule is CC(C)CCCCCSP(O)(O)=S. The first kappa shape index (κ1) is 13.9. The smallest absolute Gasteiger partial charge is 0.242 e. The van der Waals surface area contributed by atoms with Gasteiger partial charge in [0.05, 0.1) is 0 Å². The number of hydrogen-bond acceptors (Lipinski definition) is 2. The lowest BCUT2D eigenvalue weighted by molar-refractivity contribution is 0.502. The van der Waals surface area contributed by atoms with E-state index in [4.69, 9.17) is 9.79 Å². The molecule has 0 aromatic rings. The lowest BCUT2D eigenvalue weighted by Crippen LogP contribution is -1.88. The Morgan fingerprint density at radius 1 is 1.23 bits per heavy atom. The summed E-state index contributed by atoms with van der Waals surface area (Å²) in [5.74, 6) is 1.55. The topological polar surface area (TPSA) is 40.5 Å². The Bertz CT molecular complexity index is 168. The average Bonchev–Trinajstić information content (AvgIpc) is 1.93. The van der Waals surface area contributed by atoms with Gasteiger partial charge in [-0.15, -0.1) is 0 Å². The fourth-order valence-electron chi connectivity index (χ4n) is 1.01. The molecule has 0 atom stereocenters. The quantitative estimate of drug-likeness (QED) is 0.531. The van der Waals surface area contributed by atoms with Crippen LogP contribution in [0.25, 0.3) is 0 Å². The van der Waals surface area contributed by atoms with Gasteiger partial charge < -0.3 is 9.79 Å². The Balaban J connectivity index is 3.14. The van der Waals surface area contributed by atoms with Gasteiger partial charge in [0.15, 0.2) is 0 Å². The molecule has 0 bridgehead atoms. The lowest BCUT2D eigenvalue weighted by atomic mass is 10.1. The molecule has 0 amide bonds. The van der Waals surface area contributed by atoms with Gasteiger partial charge in [0, 0.05) is 5.75 Å². The number of unbranched alkanes of at least 4 members (excludes halogenated alkanes) is 2. The molecule has 0 saturated heterocycles. The Morgan fingerprint density at radius 2 is 1.85 bits per heavy atom. The fourth-order valence-corrected chi connectivity index (χ4v) is 3.36. The van der Waals surface area contributed by atoms with Crippen molar-refractivity contribution in [3.05, 3.63) is 0 Å². The predicted molar refractivity (Wildman–Crippen MR) is 64.5 cm³/mol. The summed E-state index contributed by atoms with van der Waals surface area (Å²) < 4.78 is 0. The molecule has 0 saturated carbocycles. The van der Waals surface area contributed by atoms with Gasteiger partial charge in [-0.25, -0.2) is 0 Å². The zero-order valence-corrected chi connectivity index (χ0v) is 10.8. The first-order chi connectivity index (χ1) is 5.92. The summed E-state index contributed by atoms with van der Waals surface area (Å²) in [5, 5.41) is 0. The standard InChI is InChI=1S/C8H19O2PS2/c1-8(2)6-4-3-5-7-13-11(9,10)12/h8H,3-7H2,1-2H3,(H2,9,10,12). The molecule has 0 unspecified atom stereocenters. The van der Waals surface area contributed by atoms with Crippen LogP contribution in [0.1, 0.15) is 39.5 Å². The molecule has 0 aliphatic rings. The van der Waals surface area contributed by atoms with Gasteiger partial charge in [-0.2, -0.15) is 0 Å². The van der Waals surface area contributed by atoms with Crippen LogP contribution in [0, 0.1) is 5.92 Å². The molecule has 13 heavy (non-hydrogen) atoms. The van der Waals surface area contributed by atoms with Crippen molar-refractivity contribution in [1.82, 2.24) is 0 Å². The van der Waals surface area contributed by atoms with Crippen LogP contribution in [0.5, 0.6) is 0 Å². The van der Waals surface area contributed by atoms with Gasteiger partial charge in [-0.1, -0.05) is 44.5 Å². The van der Waals surface area contributed by atoms with E-state index in [1.165, 1.54) is 19.3 Å². The van der Waals surface area contributed by atoms with E-state index in [1.54, 1.807) is 0 Å². The maximum atomic E-state index is 8.91. The first-order valence-corrected chi connectivity index (χ1v) is 8.92. The second-order valence-electron chi connectivity index (χ2n) is 3.57. The zero-order chi connectivity index (χ0) is 10.3. The molecule has 2 N–H and O–H groups in total. The highest BCUT2D eigenvalue weighted by atomic mass is 32.9. The molecule has 0 radical (unpaired) electrons. The largest absolute Gasteiger partial charge is 0.338 e. The van der Waals surface area contributed by atoms with Gasteiger partial charge in [0.25, 0.3) is 0 Å². The Labute approximate surface area is 90.0 Å². The molecule has 5 heteroatoms. The molecule has 80 valence electrons. The summed E-state index contributed by atoms with van der Waals surface area (Å²) >= 11 is 5.62. The van der Waals surface area contributed by atoms with Crippen LogP contribution in [0.2, 0.25) is 0 Å². The monoisotopic (exact) mass is 242 g/mol. The van der Waals surface area contributed by atoms with E-state index in [1.807, 2.05) is 0 Å². The third kappa shape index (κ3) is 12.9. The van der Waals surface area contributed by atoms with Crippen molar-refractivity contribution in [3.63, 3.8) is 0 Å². The third-order valence-corrected chi connectivity index (χ3v) is 5.00. The molecule has 0 aliphatic heterocycles. The van der Waals surface area contributed by atoms with E-state index >= 15 is 0 Å². The second kappa shape index (κ2) is 7.24. The summed E-state index contributed by atoms with van der Waals surface area (Å²) in [6.07, 6.45) is 4.70. The highest BCUT2D eigenvalue weighted by Gasteiger charge is 2.06. The van der Waals surface area contributed by atoms with Crippen LogP contribution in [-0.2, 0) is 11.8 Å². The van der Waals surface area contributed by atoms with E-state index in [-0.39, 0.29) is 0 Å². The van der Waals surface area contributed by atoms with E-state index in [2.05, 4.69) is 25.7 Å². The minimum Gasteiger partial charge on any atom is -0.338 e. The molecule has 0 aromatic carbocycles. The molecule has 0 fully saturated rings. The third-order valence-electron chi connectivity index (χ3n) is 1.69. The Hall–Kier alpha value is 0.920. The maximum Gasteiger partial charge on any atom is 0.242 e. The van der Waals surface area contributed by atoms with E-state index in [0.29, 0.717) is 0 Å². The van der Waals surface area contributed by atoms with Crippen molar-refractivity contribution >= 4 is 28.9 Å². The van der Waals surface area contributed by atoms with Crippen molar-refractivity contribution < 1.29 is 9.79 Å². The summed E-state index contributed by atoms with van der Waals surface area (Å²) in [6.45, 7) is 4.44. The molecule has 2 nitrogen and oxygen atoms in total. The summed E-state index contributed by atoms with van der Waals surface area (Å²) in [5.41, 5.74) is -2.98. The summed E-state index contributed by atoms with van der Waals surface area (Å²) in [4.78, 5) is 17.8. The van der Waals surface area contributed by atoms with Crippen LogP contribution in [0.15, 0.2) is 0 Å². The van der Waals surface area contributed by atoms with Crippen molar-refractivity contribution in [2.75, 3.05) is 5.75 Å². The highest BCUT2D eigenvalue weighted by Crippen LogP contribution is 2.50. The molecule has 0 heterocycles. The molecular formula is C8H19O2PS2. The van der Waals surface area contributed by atoms with Crippen LogP contribution >= 0.6 is 17.1 Å². The second-order valence-corrected chi connectivity index (χ2v) is 9.74. The first-order valence-electron chi connectivity index (χ1n) is 4.62. The van der Waals surface area contributed by atoms with Crippen LogP contribution < -0.4 is 0 Å². The Kier molecular flexibility index (Phi) is 7.76. The van der Waals surface area contributed by atoms with Crippen LogP contribution in [0.4, 0.5) is 0 Å². The number of rotatable bonds is 7. The van der Waals surface area contributed by atoms with Gasteiger partial charge in [-0.3, -0.25) is 0 Å². The summed E-state index contributed by atoms with van der Waals surface area (Å²) in [6, 6.07) is 0. The van der Waals surface area contributed by atoms with Gasteiger partial charge in [0.1, 0.15) is 0 Å². The minimum atomic E-state index is -2.98. The lowest BCUT2D eigenvalue weighted by Gasteiger charge is -2.06. The zero-order valence-electron chi connectivity index (χ0n) is 8.27. The normalized spacial score (nSPS) is 12.4. The Morgan fingerprint density at radius 3 is 2.31 bits per heavy atom. The van der Waals surface area contributed by atoms with E-state index in [0.717, 1.165) is 29.5 Å². The minimum absolute atomic E-state index is 0.772. The van der Waals surface area contributed by atoms with Gasteiger partial charge in [-0.05, 0) is 24.1 Å². The highest BCUT2D eigenvalue weighted by molar-refractivity contribution is 8.67. The molecule has 0 spiro atoms. The fraction of sp³-hybridized carbons (Fsp3) is 1.00. The summed E-state index contributed by atoms with van der Waals surface area (Å²) in [7, 11) is 0. The maximum absolute atomic E-state index is 8.91. The van der Waals surface area contributed by atoms with Crippen molar-refractivity contribution in [3.8, 4) is 0 Å². The van der Waals surface area contributed by atoms with Crippen molar-refractivity contribution in [2.24, 2.45) is 5.92 Å². The van der Waals surface area contributed by atoms with Gasteiger partial charge >= 0.3 is 0 Å². The van der Waals surface area contributed by atoms with Gasteiger partial charge in [0.2, 0.25) is 5.69 Å². The molecular weight excluding hydrogens is 223 g/mol. The van der Waals surface area contributed by atoms with Crippen molar-refractivity contribution in [2.45, 2.75) is 39.5 Å². The van der Waals surface area contributed by atoms with Crippen LogP contribution in [-0.4, -0.2) is 15.5 Å². The molecule has 0 aliphatic carbocycles. The molecule has 0 aromatic heterocycles. The van der Waals surface area contributed by atoms with Crippen LogP contribution in [0.3, 0.4) is 0 Å². The number of hydrogen-bond donors (Lipinski definition) is 2. The predicted octanol–water partition coefficient (Wildman–Crippen LogP) is 3.15. The van der Waals surface area contributed by atoms with E-state index < -0.39 is 5.69 Å². The van der Waals surface area contributed by atoms with E-state index in [9.17, 15) is 0 Å².